The summed E-state index contributed by atoms with van der Waals surface area (Å²) in [5, 5.41) is 4.23. The van der Waals surface area contributed by atoms with Gasteiger partial charge in [-0.2, -0.15) is 0 Å². The van der Waals surface area contributed by atoms with E-state index >= 15 is 0 Å². The lowest BCUT2D eigenvalue weighted by Gasteiger charge is -2.02. The van der Waals surface area contributed by atoms with Crippen molar-refractivity contribution in [2.24, 2.45) is 5.92 Å². The van der Waals surface area contributed by atoms with Crippen LogP contribution in [0.3, 0.4) is 0 Å². The van der Waals surface area contributed by atoms with E-state index in [2.05, 4.69) is 12.2 Å². The summed E-state index contributed by atoms with van der Waals surface area (Å²) >= 11 is 11.2. The first-order chi connectivity index (χ1) is 8.67. The second-order valence-electron chi connectivity index (χ2n) is 4.44. The Bertz CT molecular complexity index is 376. The molecule has 1 atom stereocenters. The lowest BCUT2D eigenvalue weighted by Crippen LogP contribution is -2.08. The third-order valence-corrected chi connectivity index (χ3v) is 3.68. The molecule has 0 amide bonds. The summed E-state index contributed by atoms with van der Waals surface area (Å²) in [6, 6.07) is 4.73. The van der Waals surface area contributed by atoms with Crippen molar-refractivity contribution >= 4 is 29.5 Å². The number of hydrogen-bond acceptors (Lipinski definition) is 2. The average Bonchev–Trinajstić information content (AvgIpc) is 2.87. The van der Waals surface area contributed by atoms with Crippen molar-refractivity contribution in [2.45, 2.75) is 26.2 Å². The van der Waals surface area contributed by atoms with Gasteiger partial charge in [0.15, 0.2) is 0 Å². The van der Waals surface area contributed by atoms with Gasteiger partial charge in [-0.3, -0.25) is 4.79 Å². The summed E-state index contributed by atoms with van der Waals surface area (Å²) in [5.74, 6) is 1.000. The molecule has 1 fully saturated rings. The van der Waals surface area contributed by atoms with Crippen molar-refractivity contribution in [3.8, 4) is 0 Å². The molecule has 0 bridgehead atoms. The number of nitrogens with one attached hydrogen (secondary N) is 1. The molecule has 100 valence electrons. The van der Waals surface area contributed by atoms with E-state index in [1.807, 2.05) is 0 Å². The molecule has 0 aromatic heterocycles. The molecule has 1 aromatic carbocycles. The van der Waals surface area contributed by atoms with Gasteiger partial charge in [-0.25, -0.2) is 0 Å². The molecule has 0 saturated carbocycles. The molecule has 2 rings (SSSR count). The van der Waals surface area contributed by atoms with Gasteiger partial charge in [0.2, 0.25) is 0 Å². The van der Waals surface area contributed by atoms with Crippen molar-refractivity contribution < 1.29 is 4.79 Å². The second-order valence-corrected chi connectivity index (χ2v) is 5.25. The Morgan fingerprint density at radius 2 is 2.17 bits per heavy atom. The highest BCUT2D eigenvalue weighted by atomic mass is 35.5. The van der Waals surface area contributed by atoms with E-state index < -0.39 is 0 Å². The van der Waals surface area contributed by atoms with E-state index in [1.165, 1.54) is 38.4 Å². The Morgan fingerprint density at radius 1 is 1.39 bits per heavy atom. The minimum atomic E-state index is 0.409. The number of benzene rings is 1. The molecule has 4 heteroatoms. The highest BCUT2D eigenvalue weighted by molar-refractivity contribution is 6.42. The second kappa shape index (κ2) is 8.52. The van der Waals surface area contributed by atoms with Gasteiger partial charge in [0.25, 0.3) is 0 Å². The van der Waals surface area contributed by atoms with E-state index in [-0.39, 0.29) is 0 Å². The highest BCUT2D eigenvalue weighted by Gasteiger charge is 2.11. The number of aldehydes is 1. The van der Waals surface area contributed by atoms with Crippen LogP contribution in [0.15, 0.2) is 18.2 Å². The Kier molecular flexibility index (Phi) is 7.33. The molecule has 0 radical (unpaired) electrons. The van der Waals surface area contributed by atoms with Crippen molar-refractivity contribution in [2.75, 3.05) is 13.1 Å². The molecular weight excluding hydrogens is 269 g/mol. The van der Waals surface area contributed by atoms with Gasteiger partial charge in [0.1, 0.15) is 6.29 Å². The van der Waals surface area contributed by atoms with Crippen LogP contribution in [0, 0.1) is 5.92 Å². The average molecular weight is 288 g/mol. The summed E-state index contributed by atoms with van der Waals surface area (Å²) in [4.78, 5) is 10.2. The summed E-state index contributed by atoms with van der Waals surface area (Å²) in [6.45, 7) is 4.79. The molecule has 1 aromatic rings. The van der Waals surface area contributed by atoms with Crippen LogP contribution >= 0.6 is 23.2 Å². The van der Waals surface area contributed by atoms with Crippen molar-refractivity contribution in [3.05, 3.63) is 33.8 Å². The largest absolute Gasteiger partial charge is 0.316 e. The molecule has 0 aliphatic carbocycles. The predicted octanol–water partition coefficient (Wildman–Crippen LogP) is 4.20. The van der Waals surface area contributed by atoms with Crippen molar-refractivity contribution in [1.29, 1.82) is 0 Å². The van der Waals surface area contributed by atoms with Crippen molar-refractivity contribution in [1.82, 2.24) is 5.32 Å². The minimum Gasteiger partial charge on any atom is -0.316 e. The molecule has 1 saturated heterocycles. The Morgan fingerprint density at radius 3 is 2.67 bits per heavy atom. The fourth-order valence-corrected chi connectivity index (χ4v) is 2.26. The number of hydrogen-bond donors (Lipinski definition) is 1. The molecule has 1 aliphatic rings. The SMILES string of the molecule is CCCC1CCNC1.O=Cc1ccc(Cl)c(Cl)c1. The smallest absolute Gasteiger partial charge is 0.150 e. The van der Waals surface area contributed by atoms with Gasteiger partial charge in [-0.1, -0.05) is 42.6 Å². The predicted molar refractivity (Wildman–Crippen MR) is 77.7 cm³/mol. The minimum absolute atomic E-state index is 0.409. The molecule has 2 nitrogen and oxygen atoms in total. The van der Waals surface area contributed by atoms with E-state index in [0.29, 0.717) is 15.6 Å². The zero-order chi connectivity index (χ0) is 13.4. The first-order valence-corrected chi connectivity index (χ1v) is 7.04. The highest BCUT2D eigenvalue weighted by Crippen LogP contribution is 2.21. The van der Waals surface area contributed by atoms with Crippen LogP contribution in [0.4, 0.5) is 0 Å². The molecule has 1 aliphatic heterocycles. The monoisotopic (exact) mass is 287 g/mol. The molecule has 18 heavy (non-hydrogen) atoms. The maximum absolute atomic E-state index is 10.2. The lowest BCUT2D eigenvalue weighted by molar-refractivity contribution is 0.112. The number of carbonyl (C=O) groups is 1. The molecular formula is C14H19Cl2NO. The fraction of sp³-hybridized carbons (Fsp3) is 0.500. The van der Waals surface area contributed by atoms with Crippen LogP contribution in [-0.4, -0.2) is 19.4 Å². The summed E-state index contributed by atoms with van der Waals surface area (Å²) in [7, 11) is 0. The van der Waals surface area contributed by atoms with Crippen molar-refractivity contribution in [3.63, 3.8) is 0 Å². The number of halogens is 2. The fourth-order valence-electron chi connectivity index (χ4n) is 1.95. The van der Waals surface area contributed by atoms with Gasteiger partial charge in [0.05, 0.1) is 10.0 Å². The first kappa shape index (κ1) is 15.5. The van der Waals surface area contributed by atoms with Gasteiger partial charge in [-0.15, -0.1) is 0 Å². The molecule has 1 heterocycles. The quantitative estimate of drug-likeness (QED) is 0.844. The van der Waals surface area contributed by atoms with Crippen LogP contribution < -0.4 is 5.32 Å². The van der Waals surface area contributed by atoms with E-state index in [1.54, 1.807) is 12.1 Å². The first-order valence-electron chi connectivity index (χ1n) is 6.28. The molecule has 1 N–H and O–H groups in total. The third kappa shape index (κ3) is 5.38. The van der Waals surface area contributed by atoms with Gasteiger partial charge in [-0.05, 0) is 44.0 Å². The normalized spacial score (nSPS) is 18.1. The maximum Gasteiger partial charge on any atom is 0.150 e. The van der Waals surface area contributed by atoms with Gasteiger partial charge >= 0.3 is 0 Å². The van der Waals surface area contributed by atoms with Crippen LogP contribution in [0.25, 0.3) is 0 Å². The van der Waals surface area contributed by atoms with E-state index in [0.717, 1.165) is 12.2 Å². The standard InChI is InChI=1S/C7H4Cl2O.C7H15N/c8-6-2-1-5(4-10)3-7(6)9;1-2-3-7-4-5-8-6-7/h1-4H;7-8H,2-6H2,1H3. The number of carbonyl (C=O) groups excluding carboxylic acids is 1. The van der Waals surface area contributed by atoms with Crippen LogP contribution in [-0.2, 0) is 0 Å². The maximum atomic E-state index is 10.2. The summed E-state index contributed by atoms with van der Waals surface area (Å²) in [5.41, 5.74) is 0.536. The Labute approximate surface area is 119 Å². The third-order valence-electron chi connectivity index (χ3n) is 2.94. The van der Waals surface area contributed by atoms with E-state index in [4.69, 9.17) is 23.2 Å². The number of rotatable bonds is 3. The topological polar surface area (TPSA) is 29.1 Å². The Hall–Kier alpha value is -0.570. The van der Waals surface area contributed by atoms with Crippen LogP contribution in [0.5, 0.6) is 0 Å². The van der Waals surface area contributed by atoms with Gasteiger partial charge in [0, 0.05) is 5.56 Å². The zero-order valence-corrected chi connectivity index (χ0v) is 12.1. The Balaban J connectivity index is 0.000000184. The zero-order valence-electron chi connectivity index (χ0n) is 10.6. The molecule has 0 spiro atoms. The summed E-state index contributed by atoms with van der Waals surface area (Å²) < 4.78 is 0. The molecule has 1 unspecified atom stereocenters. The van der Waals surface area contributed by atoms with Crippen LogP contribution in [0.1, 0.15) is 36.5 Å². The lowest BCUT2D eigenvalue weighted by atomic mass is 10.0. The summed E-state index contributed by atoms with van der Waals surface area (Å²) in [6.07, 6.45) is 4.91. The van der Waals surface area contributed by atoms with E-state index in [9.17, 15) is 4.79 Å². The van der Waals surface area contributed by atoms with Crippen LogP contribution in [0.2, 0.25) is 10.0 Å². The van der Waals surface area contributed by atoms with Gasteiger partial charge < -0.3 is 5.32 Å².